The van der Waals surface area contributed by atoms with Crippen LogP contribution in [0.4, 0.5) is 0 Å². The number of carbonyl (C=O) groups excluding carboxylic acids is 1. The van der Waals surface area contributed by atoms with Gasteiger partial charge >= 0.3 is 0 Å². The van der Waals surface area contributed by atoms with Crippen LogP contribution in [0.3, 0.4) is 0 Å². The Bertz CT molecular complexity index is 777. The lowest BCUT2D eigenvalue weighted by Crippen LogP contribution is -2.48. The van der Waals surface area contributed by atoms with Crippen molar-refractivity contribution in [2.45, 2.75) is 20.3 Å². The number of hydrogen-bond donors (Lipinski definition) is 0. The number of aromatic nitrogens is 1. The standard InChI is InChI=1S/C20H24N4O/c1-3-16-5-7-18(8-6-16)24-10-9-17(15-21)19(24)20(25)23-13-11-22(4-2)12-14-23/h5-10H,3-4,11-14H2,1-2H3. The van der Waals surface area contributed by atoms with E-state index in [2.05, 4.69) is 36.9 Å². The van der Waals surface area contributed by atoms with Crippen molar-refractivity contribution in [3.63, 3.8) is 0 Å². The van der Waals surface area contributed by atoms with Crippen molar-refractivity contribution < 1.29 is 4.79 Å². The maximum absolute atomic E-state index is 13.1. The molecule has 1 fully saturated rings. The van der Waals surface area contributed by atoms with E-state index in [-0.39, 0.29) is 5.91 Å². The zero-order valence-electron chi connectivity index (χ0n) is 14.9. The minimum absolute atomic E-state index is 0.0585. The molecule has 25 heavy (non-hydrogen) atoms. The lowest BCUT2D eigenvalue weighted by atomic mass is 10.1. The van der Waals surface area contributed by atoms with Crippen molar-refractivity contribution >= 4 is 5.91 Å². The molecule has 0 unspecified atom stereocenters. The zero-order chi connectivity index (χ0) is 17.8. The summed E-state index contributed by atoms with van der Waals surface area (Å²) in [6.45, 7) is 8.44. The summed E-state index contributed by atoms with van der Waals surface area (Å²) in [5.74, 6) is -0.0585. The zero-order valence-corrected chi connectivity index (χ0v) is 14.9. The minimum atomic E-state index is -0.0585. The summed E-state index contributed by atoms with van der Waals surface area (Å²) in [5, 5.41) is 9.45. The molecule has 1 aliphatic heterocycles. The summed E-state index contributed by atoms with van der Waals surface area (Å²) < 4.78 is 1.84. The third-order valence-electron chi connectivity index (χ3n) is 4.94. The van der Waals surface area contributed by atoms with Gasteiger partial charge in [-0.1, -0.05) is 26.0 Å². The highest BCUT2D eigenvalue weighted by molar-refractivity contribution is 5.96. The molecule has 1 saturated heterocycles. The van der Waals surface area contributed by atoms with E-state index in [4.69, 9.17) is 0 Å². The summed E-state index contributed by atoms with van der Waals surface area (Å²) in [5.41, 5.74) is 3.06. The number of nitriles is 1. The monoisotopic (exact) mass is 336 g/mol. The van der Waals surface area contributed by atoms with Crippen LogP contribution in [-0.4, -0.2) is 53.0 Å². The molecule has 0 radical (unpaired) electrons. The Morgan fingerprint density at radius 3 is 2.32 bits per heavy atom. The number of carbonyl (C=O) groups is 1. The fraction of sp³-hybridized carbons (Fsp3) is 0.400. The van der Waals surface area contributed by atoms with Gasteiger partial charge in [0.15, 0.2) is 0 Å². The highest BCUT2D eigenvalue weighted by Crippen LogP contribution is 2.20. The smallest absolute Gasteiger partial charge is 0.272 e. The van der Waals surface area contributed by atoms with Crippen LogP contribution in [0, 0.1) is 11.3 Å². The average molecular weight is 336 g/mol. The summed E-state index contributed by atoms with van der Waals surface area (Å²) in [4.78, 5) is 17.3. The van der Waals surface area contributed by atoms with Gasteiger partial charge in [-0.05, 0) is 36.7 Å². The van der Waals surface area contributed by atoms with Gasteiger partial charge in [-0.25, -0.2) is 0 Å². The molecule has 5 nitrogen and oxygen atoms in total. The molecule has 0 bridgehead atoms. The Hall–Kier alpha value is -2.58. The first-order chi connectivity index (χ1) is 12.2. The molecule has 1 aromatic carbocycles. The highest BCUT2D eigenvalue weighted by Gasteiger charge is 2.26. The lowest BCUT2D eigenvalue weighted by Gasteiger charge is -2.34. The third-order valence-corrected chi connectivity index (χ3v) is 4.94. The van der Waals surface area contributed by atoms with E-state index in [9.17, 15) is 10.1 Å². The molecule has 0 N–H and O–H groups in total. The van der Waals surface area contributed by atoms with Crippen LogP contribution < -0.4 is 0 Å². The maximum atomic E-state index is 13.1. The third kappa shape index (κ3) is 3.45. The fourth-order valence-electron chi connectivity index (χ4n) is 3.27. The van der Waals surface area contributed by atoms with Crippen molar-refractivity contribution in [3.05, 3.63) is 53.3 Å². The summed E-state index contributed by atoms with van der Waals surface area (Å²) >= 11 is 0. The summed E-state index contributed by atoms with van der Waals surface area (Å²) in [7, 11) is 0. The van der Waals surface area contributed by atoms with Crippen LogP contribution in [0.2, 0.25) is 0 Å². The molecule has 5 heteroatoms. The van der Waals surface area contributed by atoms with E-state index in [0.29, 0.717) is 24.3 Å². The van der Waals surface area contributed by atoms with E-state index in [0.717, 1.165) is 31.7 Å². The number of aryl methyl sites for hydroxylation is 1. The Labute approximate surface area is 149 Å². The van der Waals surface area contributed by atoms with Crippen LogP contribution in [0.15, 0.2) is 36.5 Å². The van der Waals surface area contributed by atoms with Gasteiger partial charge < -0.3 is 14.4 Å². The van der Waals surface area contributed by atoms with Crippen LogP contribution in [0.25, 0.3) is 5.69 Å². The Kier molecular flexibility index (Phi) is 5.20. The Morgan fingerprint density at radius 2 is 1.76 bits per heavy atom. The van der Waals surface area contributed by atoms with Crippen molar-refractivity contribution in [1.82, 2.24) is 14.4 Å². The second-order valence-electron chi connectivity index (χ2n) is 6.31. The molecule has 130 valence electrons. The number of likely N-dealkylation sites (N-methyl/N-ethyl adjacent to an activating group) is 1. The van der Waals surface area contributed by atoms with Gasteiger partial charge in [-0.2, -0.15) is 5.26 Å². The van der Waals surface area contributed by atoms with E-state index < -0.39 is 0 Å². The average Bonchev–Trinajstić information content (AvgIpc) is 3.11. The highest BCUT2D eigenvalue weighted by atomic mass is 16.2. The molecule has 0 aliphatic carbocycles. The van der Waals surface area contributed by atoms with Crippen LogP contribution in [0.1, 0.15) is 35.5 Å². The molecule has 0 spiro atoms. The van der Waals surface area contributed by atoms with Gasteiger partial charge in [0.05, 0.1) is 5.56 Å². The van der Waals surface area contributed by atoms with Gasteiger partial charge in [0.1, 0.15) is 11.8 Å². The molecule has 2 aromatic rings. The molecule has 1 aliphatic rings. The van der Waals surface area contributed by atoms with Gasteiger partial charge in [0.2, 0.25) is 0 Å². The van der Waals surface area contributed by atoms with E-state index >= 15 is 0 Å². The molecule has 1 amide bonds. The largest absolute Gasteiger partial charge is 0.335 e. The fourth-order valence-corrected chi connectivity index (χ4v) is 3.27. The summed E-state index contributed by atoms with van der Waals surface area (Å²) in [6, 6.07) is 12.0. The molecule has 0 atom stereocenters. The Morgan fingerprint density at radius 1 is 1.08 bits per heavy atom. The molecule has 3 rings (SSSR count). The number of piperazine rings is 1. The minimum Gasteiger partial charge on any atom is -0.335 e. The van der Waals surface area contributed by atoms with Crippen molar-refractivity contribution in [1.29, 1.82) is 5.26 Å². The van der Waals surface area contributed by atoms with Gasteiger partial charge in [-0.3, -0.25) is 4.79 Å². The first kappa shape index (κ1) is 17.2. The quantitative estimate of drug-likeness (QED) is 0.862. The second kappa shape index (κ2) is 7.54. The first-order valence-electron chi connectivity index (χ1n) is 8.90. The van der Waals surface area contributed by atoms with Crippen LogP contribution in [0.5, 0.6) is 0 Å². The topological polar surface area (TPSA) is 52.3 Å². The summed E-state index contributed by atoms with van der Waals surface area (Å²) in [6.07, 6.45) is 2.79. The predicted molar refractivity (Wildman–Crippen MR) is 97.9 cm³/mol. The SMILES string of the molecule is CCc1ccc(-n2ccc(C#N)c2C(=O)N2CCN(CC)CC2)cc1. The molecule has 0 saturated carbocycles. The number of amides is 1. The molecular weight excluding hydrogens is 312 g/mol. The number of rotatable bonds is 4. The van der Waals surface area contributed by atoms with Crippen molar-refractivity contribution in [2.24, 2.45) is 0 Å². The molecular formula is C20H24N4O. The maximum Gasteiger partial charge on any atom is 0.272 e. The van der Waals surface area contributed by atoms with Crippen LogP contribution in [-0.2, 0) is 6.42 Å². The number of benzene rings is 1. The number of nitrogens with zero attached hydrogens (tertiary/aromatic N) is 4. The van der Waals surface area contributed by atoms with Gasteiger partial charge in [-0.15, -0.1) is 0 Å². The van der Waals surface area contributed by atoms with Crippen LogP contribution >= 0.6 is 0 Å². The van der Waals surface area contributed by atoms with E-state index in [1.54, 1.807) is 6.07 Å². The normalized spacial score (nSPS) is 15.2. The van der Waals surface area contributed by atoms with Gasteiger partial charge in [0.25, 0.3) is 5.91 Å². The first-order valence-corrected chi connectivity index (χ1v) is 8.90. The molecule has 2 heterocycles. The predicted octanol–water partition coefficient (Wildman–Crippen LogP) is 2.69. The van der Waals surface area contributed by atoms with E-state index in [1.165, 1.54) is 5.56 Å². The number of hydrogen-bond acceptors (Lipinski definition) is 3. The van der Waals surface area contributed by atoms with Crippen molar-refractivity contribution in [3.8, 4) is 11.8 Å². The van der Waals surface area contributed by atoms with Gasteiger partial charge in [0, 0.05) is 38.1 Å². The van der Waals surface area contributed by atoms with Crippen molar-refractivity contribution in [2.75, 3.05) is 32.7 Å². The molecule has 1 aromatic heterocycles. The Balaban J connectivity index is 1.91. The van der Waals surface area contributed by atoms with E-state index in [1.807, 2.05) is 27.8 Å². The second-order valence-corrected chi connectivity index (χ2v) is 6.31. The lowest BCUT2D eigenvalue weighted by molar-refractivity contribution is 0.0635.